The molecule has 0 saturated heterocycles. The van der Waals surface area contributed by atoms with E-state index in [0.717, 1.165) is 0 Å². The standard InChI is InChI=1S/C11H18N6O3/c12-7(1-2-9(13)18)11(20)17-8(10(14)19)3-6-4-15-5-16-6/h4-5,7-8H,1-3,12H2,(H2,13,18)(H2,14,19)(H,15,16)(H,17,20)/t7-,8+/m0/s1. The van der Waals surface area contributed by atoms with Gasteiger partial charge in [-0.25, -0.2) is 4.98 Å². The quantitative estimate of drug-likeness (QED) is 0.354. The number of aromatic nitrogens is 2. The number of imidazole rings is 1. The molecule has 1 rings (SSSR count). The number of nitrogens with two attached hydrogens (primary N) is 3. The summed E-state index contributed by atoms with van der Waals surface area (Å²) in [6, 6.07) is -1.83. The zero-order chi connectivity index (χ0) is 15.1. The van der Waals surface area contributed by atoms with Crippen LogP contribution in [0, 0.1) is 0 Å². The number of carbonyl (C=O) groups is 3. The third-order valence-corrected chi connectivity index (χ3v) is 2.68. The van der Waals surface area contributed by atoms with E-state index in [9.17, 15) is 14.4 Å². The summed E-state index contributed by atoms with van der Waals surface area (Å²) in [5.74, 6) is -1.79. The number of amides is 3. The Morgan fingerprint density at radius 3 is 2.55 bits per heavy atom. The minimum atomic E-state index is -0.925. The van der Waals surface area contributed by atoms with Gasteiger partial charge in [-0.2, -0.15) is 0 Å². The zero-order valence-corrected chi connectivity index (χ0v) is 10.8. The highest BCUT2D eigenvalue weighted by molar-refractivity contribution is 5.89. The van der Waals surface area contributed by atoms with Gasteiger partial charge in [0, 0.05) is 24.7 Å². The van der Waals surface area contributed by atoms with Crippen LogP contribution in [0.2, 0.25) is 0 Å². The molecule has 110 valence electrons. The van der Waals surface area contributed by atoms with Gasteiger partial charge >= 0.3 is 0 Å². The number of nitrogens with zero attached hydrogens (tertiary/aromatic N) is 1. The first-order valence-corrected chi connectivity index (χ1v) is 6.01. The van der Waals surface area contributed by atoms with E-state index in [1.165, 1.54) is 12.5 Å². The Hall–Kier alpha value is -2.42. The van der Waals surface area contributed by atoms with E-state index in [1.54, 1.807) is 0 Å². The zero-order valence-electron chi connectivity index (χ0n) is 10.8. The van der Waals surface area contributed by atoms with Gasteiger partial charge in [-0.15, -0.1) is 0 Å². The van der Waals surface area contributed by atoms with Crippen molar-refractivity contribution in [3.8, 4) is 0 Å². The van der Waals surface area contributed by atoms with Crippen molar-refractivity contribution in [2.45, 2.75) is 31.3 Å². The van der Waals surface area contributed by atoms with Crippen molar-refractivity contribution in [2.24, 2.45) is 17.2 Å². The van der Waals surface area contributed by atoms with Gasteiger partial charge in [0.15, 0.2) is 0 Å². The summed E-state index contributed by atoms with van der Waals surface area (Å²) < 4.78 is 0. The molecule has 0 bridgehead atoms. The molecule has 0 aliphatic heterocycles. The molecule has 2 atom stereocenters. The maximum Gasteiger partial charge on any atom is 0.240 e. The Kier molecular flexibility index (Phi) is 5.66. The van der Waals surface area contributed by atoms with Gasteiger partial charge in [-0.1, -0.05) is 0 Å². The number of nitrogens with one attached hydrogen (secondary N) is 2. The summed E-state index contributed by atoms with van der Waals surface area (Å²) >= 11 is 0. The highest BCUT2D eigenvalue weighted by Crippen LogP contribution is 2.00. The molecule has 0 spiro atoms. The van der Waals surface area contributed by atoms with Crippen LogP contribution in [-0.4, -0.2) is 39.8 Å². The maximum atomic E-state index is 11.8. The van der Waals surface area contributed by atoms with Crippen LogP contribution in [-0.2, 0) is 20.8 Å². The predicted octanol–water partition coefficient (Wildman–Crippen LogP) is -2.48. The molecule has 0 fully saturated rings. The number of primary amides is 2. The van der Waals surface area contributed by atoms with Crippen LogP contribution in [0.1, 0.15) is 18.5 Å². The fraction of sp³-hybridized carbons (Fsp3) is 0.455. The fourth-order valence-corrected chi connectivity index (χ4v) is 1.55. The minimum Gasteiger partial charge on any atom is -0.370 e. The highest BCUT2D eigenvalue weighted by atomic mass is 16.2. The van der Waals surface area contributed by atoms with Crippen molar-refractivity contribution in [1.29, 1.82) is 0 Å². The lowest BCUT2D eigenvalue weighted by molar-refractivity contribution is -0.128. The van der Waals surface area contributed by atoms with E-state index in [0.29, 0.717) is 5.69 Å². The summed E-state index contributed by atoms with van der Waals surface area (Å²) in [6.07, 6.45) is 3.26. The van der Waals surface area contributed by atoms with Gasteiger partial charge in [0.1, 0.15) is 6.04 Å². The van der Waals surface area contributed by atoms with E-state index < -0.39 is 29.8 Å². The van der Waals surface area contributed by atoms with E-state index in [-0.39, 0.29) is 19.3 Å². The van der Waals surface area contributed by atoms with Gasteiger partial charge in [0.05, 0.1) is 12.4 Å². The lowest BCUT2D eigenvalue weighted by Gasteiger charge is -2.17. The molecule has 8 N–H and O–H groups in total. The van der Waals surface area contributed by atoms with Gasteiger partial charge < -0.3 is 27.5 Å². The van der Waals surface area contributed by atoms with Crippen molar-refractivity contribution in [1.82, 2.24) is 15.3 Å². The molecular weight excluding hydrogens is 264 g/mol. The molecule has 0 aliphatic rings. The topological polar surface area (TPSA) is 170 Å². The number of hydrogen-bond donors (Lipinski definition) is 5. The minimum absolute atomic E-state index is 0.00360. The van der Waals surface area contributed by atoms with Crippen molar-refractivity contribution in [3.05, 3.63) is 18.2 Å². The van der Waals surface area contributed by atoms with Gasteiger partial charge in [0.2, 0.25) is 17.7 Å². The molecule has 1 aromatic heterocycles. The third kappa shape index (κ3) is 5.06. The molecule has 0 aromatic carbocycles. The van der Waals surface area contributed by atoms with Crippen LogP contribution in [0.15, 0.2) is 12.5 Å². The van der Waals surface area contributed by atoms with Crippen LogP contribution in [0.5, 0.6) is 0 Å². The number of aromatic amines is 1. The Morgan fingerprint density at radius 1 is 1.35 bits per heavy atom. The molecule has 3 amide bonds. The fourth-order valence-electron chi connectivity index (χ4n) is 1.55. The summed E-state index contributed by atoms with van der Waals surface area (Å²) in [6.45, 7) is 0. The monoisotopic (exact) mass is 282 g/mol. The normalized spacial score (nSPS) is 13.4. The lowest BCUT2D eigenvalue weighted by Crippen LogP contribution is -2.51. The first-order chi connectivity index (χ1) is 9.40. The molecule has 1 heterocycles. The van der Waals surface area contributed by atoms with Gasteiger partial charge in [0.25, 0.3) is 0 Å². The first kappa shape index (κ1) is 15.6. The number of hydrogen-bond acceptors (Lipinski definition) is 5. The lowest BCUT2D eigenvalue weighted by atomic mass is 10.1. The Balaban J connectivity index is 2.54. The molecule has 1 aromatic rings. The summed E-state index contributed by atoms with van der Waals surface area (Å²) in [7, 11) is 0. The largest absolute Gasteiger partial charge is 0.370 e. The number of H-pyrrole nitrogens is 1. The van der Waals surface area contributed by atoms with Crippen molar-refractivity contribution < 1.29 is 14.4 Å². The van der Waals surface area contributed by atoms with Gasteiger partial charge in [-0.05, 0) is 6.42 Å². The first-order valence-electron chi connectivity index (χ1n) is 6.01. The number of carbonyl (C=O) groups excluding carboxylic acids is 3. The van der Waals surface area contributed by atoms with Crippen molar-refractivity contribution in [3.63, 3.8) is 0 Å². The summed E-state index contributed by atoms with van der Waals surface area (Å²) in [4.78, 5) is 40.3. The predicted molar refractivity (Wildman–Crippen MR) is 69.8 cm³/mol. The van der Waals surface area contributed by atoms with Crippen LogP contribution in [0.25, 0.3) is 0 Å². The van der Waals surface area contributed by atoms with E-state index >= 15 is 0 Å². The molecule has 0 unspecified atom stereocenters. The van der Waals surface area contributed by atoms with Gasteiger partial charge in [-0.3, -0.25) is 14.4 Å². The molecule has 0 aliphatic carbocycles. The van der Waals surface area contributed by atoms with Crippen molar-refractivity contribution >= 4 is 17.7 Å². The number of rotatable bonds is 8. The smallest absolute Gasteiger partial charge is 0.240 e. The third-order valence-electron chi connectivity index (χ3n) is 2.68. The average molecular weight is 282 g/mol. The van der Waals surface area contributed by atoms with E-state index in [1.807, 2.05) is 0 Å². The molecule has 9 nitrogen and oxygen atoms in total. The van der Waals surface area contributed by atoms with Crippen LogP contribution < -0.4 is 22.5 Å². The van der Waals surface area contributed by atoms with E-state index in [4.69, 9.17) is 17.2 Å². The Bertz CT molecular complexity index is 473. The maximum absolute atomic E-state index is 11.8. The van der Waals surface area contributed by atoms with Crippen LogP contribution in [0.3, 0.4) is 0 Å². The second-order valence-electron chi connectivity index (χ2n) is 4.36. The molecule has 0 radical (unpaired) electrons. The average Bonchev–Trinajstić information content (AvgIpc) is 2.87. The molecule has 9 heteroatoms. The van der Waals surface area contributed by atoms with Crippen LogP contribution in [0.4, 0.5) is 0 Å². The second kappa shape index (κ2) is 7.24. The Morgan fingerprint density at radius 2 is 2.05 bits per heavy atom. The SMILES string of the molecule is NC(=O)CC[C@H](N)C(=O)N[C@H](Cc1cnc[nH]1)C(N)=O. The molecular formula is C11H18N6O3. The molecule has 20 heavy (non-hydrogen) atoms. The highest BCUT2D eigenvalue weighted by Gasteiger charge is 2.22. The van der Waals surface area contributed by atoms with E-state index in [2.05, 4.69) is 15.3 Å². The Labute approximate surface area is 115 Å². The summed E-state index contributed by atoms with van der Waals surface area (Å²) in [5, 5.41) is 2.44. The van der Waals surface area contributed by atoms with Crippen LogP contribution >= 0.6 is 0 Å². The summed E-state index contributed by atoms with van der Waals surface area (Å²) in [5.41, 5.74) is 16.4. The molecule has 0 saturated carbocycles. The second-order valence-corrected chi connectivity index (χ2v) is 4.36. The van der Waals surface area contributed by atoms with Crippen molar-refractivity contribution in [2.75, 3.05) is 0 Å².